The minimum Gasteiger partial charge on any atom is -0.396 e. The van der Waals surface area contributed by atoms with Crippen LogP contribution in [0.15, 0.2) is 77.9 Å². The summed E-state index contributed by atoms with van der Waals surface area (Å²) in [5, 5.41) is 12.9. The molecule has 2 nitrogen and oxygen atoms in total. The molecule has 1 aliphatic rings. The lowest BCUT2D eigenvalue weighted by Crippen LogP contribution is -2.39. The largest absolute Gasteiger partial charge is 0.396 e. The molecule has 0 radical (unpaired) electrons. The van der Waals surface area contributed by atoms with E-state index in [1.165, 1.54) is 39.0 Å². The van der Waals surface area contributed by atoms with Crippen molar-refractivity contribution in [1.29, 1.82) is 0 Å². The van der Waals surface area contributed by atoms with E-state index in [-0.39, 0.29) is 6.61 Å². The summed E-state index contributed by atoms with van der Waals surface area (Å²) in [6, 6.07) is 19.7. The molecule has 1 heterocycles. The molecule has 0 atom stereocenters. The molecule has 2 aromatic rings. The molecule has 3 rings (SSSR count). The summed E-state index contributed by atoms with van der Waals surface area (Å²) in [6.45, 7) is 8.80. The Hall–Kier alpha value is -2.42. The Bertz CT molecular complexity index is 880. The number of hydrogen-bond acceptors (Lipinski definition) is 2. The second-order valence-electron chi connectivity index (χ2n) is 8.12. The first-order valence-corrected chi connectivity index (χ1v) is 10.6. The van der Waals surface area contributed by atoms with Crippen LogP contribution in [-0.4, -0.2) is 24.8 Å². The van der Waals surface area contributed by atoms with Crippen molar-refractivity contribution in [2.45, 2.75) is 39.5 Å². The van der Waals surface area contributed by atoms with Crippen LogP contribution in [0, 0.1) is 0 Å². The van der Waals surface area contributed by atoms with Crippen molar-refractivity contribution in [3.63, 3.8) is 0 Å². The Morgan fingerprint density at radius 2 is 1.62 bits per heavy atom. The highest BCUT2D eigenvalue weighted by Crippen LogP contribution is 2.36. The van der Waals surface area contributed by atoms with Gasteiger partial charge >= 0.3 is 0 Å². The molecule has 2 heteroatoms. The molecule has 29 heavy (non-hydrogen) atoms. The fourth-order valence-corrected chi connectivity index (χ4v) is 3.77. The maximum Gasteiger partial charge on any atom is 0.0434 e. The van der Waals surface area contributed by atoms with Gasteiger partial charge in [0, 0.05) is 25.6 Å². The maximum atomic E-state index is 9.51. The van der Waals surface area contributed by atoms with Gasteiger partial charge in [-0.1, -0.05) is 72.3 Å². The van der Waals surface area contributed by atoms with E-state index in [1.807, 2.05) is 0 Å². The van der Waals surface area contributed by atoms with Gasteiger partial charge in [0.1, 0.15) is 0 Å². The smallest absolute Gasteiger partial charge is 0.0434 e. The van der Waals surface area contributed by atoms with E-state index >= 15 is 0 Å². The zero-order valence-corrected chi connectivity index (χ0v) is 17.9. The SMILES string of the molecule is CC(C)=C/C=C(C)/C(=C(\CCCO)c1ccccc1)c1ccc(C2CNC2)cc1. The fraction of sp³-hybridized carbons (Fsp3) is 0.333. The van der Waals surface area contributed by atoms with E-state index in [1.54, 1.807) is 0 Å². The molecule has 152 valence electrons. The van der Waals surface area contributed by atoms with Crippen molar-refractivity contribution in [3.8, 4) is 0 Å². The van der Waals surface area contributed by atoms with Crippen LogP contribution in [0.1, 0.15) is 56.2 Å². The minimum absolute atomic E-state index is 0.202. The summed E-state index contributed by atoms with van der Waals surface area (Å²) in [4.78, 5) is 0. The summed E-state index contributed by atoms with van der Waals surface area (Å²) >= 11 is 0. The van der Waals surface area contributed by atoms with Crippen LogP contribution in [0.2, 0.25) is 0 Å². The number of nitrogens with one attached hydrogen (secondary N) is 1. The minimum atomic E-state index is 0.202. The standard InChI is InChI=1S/C27H33NO/c1-20(2)11-12-21(3)27(24-15-13-22(14-16-24)25-18-28-19-25)26(10-7-17-29)23-8-5-4-6-9-23/h4-6,8-9,11-16,25,28-29H,7,10,17-19H2,1-3H3/b21-12+,27-26-. The van der Waals surface area contributed by atoms with Crippen LogP contribution in [0.5, 0.6) is 0 Å². The predicted molar refractivity (Wildman–Crippen MR) is 125 cm³/mol. The van der Waals surface area contributed by atoms with Gasteiger partial charge in [-0.05, 0) is 67.0 Å². The fourth-order valence-electron chi connectivity index (χ4n) is 3.77. The average Bonchev–Trinajstić information content (AvgIpc) is 2.69. The van der Waals surface area contributed by atoms with Crippen LogP contribution in [-0.2, 0) is 0 Å². The molecule has 0 aliphatic carbocycles. The van der Waals surface area contributed by atoms with Gasteiger partial charge < -0.3 is 10.4 Å². The second kappa shape index (κ2) is 10.4. The van der Waals surface area contributed by atoms with Crippen LogP contribution in [0.4, 0.5) is 0 Å². The predicted octanol–water partition coefficient (Wildman–Crippen LogP) is 5.97. The Morgan fingerprint density at radius 1 is 0.931 bits per heavy atom. The summed E-state index contributed by atoms with van der Waals surface area (Å²) in [5.41, 5.74) is 9.00. The molecular formula is C27H33NO. The zero-order valence-electron chi connectivity index (χ0n) is 17.9. The molecule has 1 saturated heterocycles. The monoisotopic (exact) mass is 387 g/mol. The van der Waals surface area contributed by atoms with E-state index in [2.05, 4.69) is 92.8 Å². The third-order valence-electron chi connectivity index (χ3n) is 5.52. The first-order chi connectivity index (χ1) is 14.1. The first-order valence-electron chi connectivity index (χ1n) is 10.6. The zero-order chi connectivity index (χ0) is 20.6. The Morgan fingerprint density at radius 3 is 2.17 bits per heavy atom. The van der Waals surface area contributed by atoms with E-state index in [0.29, 0.717) is 5.92 Å². The normalized spacial score (nSPS) is 15.5. The number of benzene rings is 2. The van der Waals surface area contributed by atoms with Crippen molar-refractivity contribution >= 4 is 11.1 Å². The number of allylic oxidation sites excluding steroid dienone is 6. The highest BCUT2D eigenvalue weighted by molar-refractivity contribution is 5.98. The van der Waals surface area contributed by atoms with Crippen molar-refractivity contribution in [2.75, 3.05) is 19.7 Å². The van der Waals surface area contributed by atoms with E-state index in [0.717, 1.165) is 25.9 Å². The van der Waals surface area contributed by atoms with Gasteiger partial charge in [-0.15, -0.1) is 0 Å². The van der Waals surface area contributed by atoms with Gasteiger partial charge in [0.2, 0.25) is 0 Å². The summed E-state index contributed by atoms with van der Waals surface area (Å²) in [6.07, 6.45) is 6.01. The molecule has 2 aromatic carbocycles. The second-order valence-corrected chi connectivity index (χ2v) is 8.12. The highest BCUT2D eigenvalue weighted by atomic mass is 16.2. The third-order valence-corrected chi connectivity index (χ3v) is 5.52. The van der Waals surface area contributed by atoms with Gasteiger partial charge in [-0.25, -0.2) is 0 Å². The number of aliphatic hydroxyl groups excluding tert-OH is 1. The topological polar surface area (TPSA) is 32.3 Å². The van der Waals surface area contributed by atoms with Crippen molar-refractivity contribution in [2.24, 2.45) is 0 Å². The summed E-state index contributed by atoms with van der Waals surface area (Å²) in [7, 11) is 0. The molecule has 0 amide bonds. The van der Waals surface area contributed by atoms with Gasteiger partial charge in [0.05, 0.1) is 0 Å². The molecule has 0 spiro atoms. The Labute approximate surface area is 175 Å². The van der Waals surface area contributed by atoms with Crippen molar-refractivity contribution in [1.82, 2.24) is 5.32 Å². The molecule has 0 aromatic heterocycles. The number of hydrogen-bond donors (Lipinski definition) is 2. The third kappa shape index (κ3) is 5.56. The van der Waals surface area contributed by atoms with Crippen LogP contribution in [0.3, 0.4) is 0 Å². The van der Waals surface area contributed by atoms with Gasteiger partial charge in [0.15, 0.2) is 0 Å². The van der Waals surface area contributed by atoms with Gasteiger partial charge in [0.25, 0.3) is 0 Å². The molecule has 2 N–H and O–H groups in total. The molecular weight excluding hydrogens is 354 g/mol. The Kier molecular flexibility index (Phi) is 7.62. The maximum absolute atomic E-state index is 9.51. The Balaban J connectivity index is 2.12. The summed E-state index contributed by atoms with van der Waals surface area (Å²) in [5.74, 6) is 0.641. The van der Waals surface area contributed by atoms with Crippen molar-refractivity contribution < 1.29 is 5.11 Å². The van der Waals surface area contributed by atoms with Crippen LogP contribution < -0.4 is 5.32 Å². The lowest BCUT2D eigenvalue weighted by atomic mass is 9.85. The van der Waals surface area contributed by atoms with Crippen molar-refractivity contribution in [3.05, 3.63) is 94.6 Å². The first kappa shape index (κ1) is 21.3. The van der Waals surface area contributed by atoms with E-state index in [9.17, 15) is 5.11 Å². The molecule has 1 fully saturated rings. The quantitative estimate of drug-likeness (QED) is 0.432. The van der Waals surface area contributed by atoms with Gasteiger partial charge in [-0.3, -0.25) is 0 Å². The van der Waals surface area contributed by atoms with Crippen LogP contribution >= 0.6 is 0 Å². The molecule has 0 saturated carbocycles. The summed E-state index contributed by atoms with van der Waals surface area (Å²) < 4.78 is 0. The number of aliphatic hydroxyl groups is 1. The lowest BCUT2D eigenvalue weighted by Gasteiger charge is -2.27. The van der Waals surface area contributed by atoms with Crippen LogP contribution in [0.25, 0.3) is 11.1 Å². The average molecular weight is 388 g/mol. The lowest BCUT2D eigenvalue weighted by molar-refractivity contribution is 0.290. The molecule has 0 bridgehead atoms. The van der Waals surface area contributed by atoms with Gasteiger partial charge in [-0.2, -0.15) is 0 Å². The number of rotatable bonds is 8. The highest BCUT2D eigenvalue weighted by Gasteiger charge is 2.19. The molecule has 1 aliphatic heterocycles. The van der Waals surface area contributed by atoms with E-state index in [4.69, 9.17) is 0 Å². The van der Waals surface area contributed by atoms with E-state index < -0.39 is 0 Å². The molecule has 0 unspecified atom stereocenters.